The van der Waals surface area contributed by atoms with Gasteiger partial charge >= 0.3 is 0 Å². The van der Waals surface area contributed by atoms with E-state index in [0.717, 1.165) is 11.3 Å². The smallest absolute Gasteiger partial charge is 0.261 e. The van der Waals surface area contributed by atoms with E-state index in [4.69, 9.17) is 21.1 Å². The minimum Gasteiger partial charge on any atom is -0.497 e. The molecule has 0 unspecified atom stereocenters. The Morgan fingerprint density at radius 1 is 1.03 bits per heavy atom. The number of hydrogen-bond donors (Lipinski definition) is 1. The van der Waals surface area contributed by atoms with Gasteiger partial charge in [-0.05, 0) is 69.2 Å². The van der Waals surface area contributed by atoms with E-state index in [1.54, 1.807) is 36.3 Å². The van der Waals surface area contributed by atoms with Crippen molar-refractivity contribution in [3.8, 4) is 11.5 Å². The molecule has 0 fully saturated rings. The Bertz CT molecular complexity index is 861. The van der Waals surface area contributed by atoms with E-state index in [1.807, 2.05) is 52.0 Å². The molecule has 0 bridgehead atoms. The lowest BCUT2D eigenvalue weighted by Gasteiger charge is -2.33. The number of carbonyl (C=O) groups is 2. The number of carbonyl (C=O) groups excluding carboxylic acids is 2. The first-order valence-corrected chi connectivity index (χ1v) is 10.6. The van der Waals surface area contributed by atoms with Crippen LogP contribution in [0.25, 0.3) is 0 Å². The molecule has 2 aromatic rings. The summed E-state index contributed by atoms with van der Waals surface area (Å²) in [5.41, 5.74) is 0.488. The minimum absolute atomic E-state index is 0.183. The summed E-state index contributed by atoms with van der Waals surface area (Å²) >= 11 is 5.90. The van der Waals surface area contributed by atoms with Crippen LogP contribution in [0.3, 0.4) is 0 Å². The van der Waals surface area contributed by atoms with Crippen molar-refractivity contribution in [1.29, 1.82) is 0 Å². The molecule has 6 nitrogen and oxygen atoms in total. The molecule has 31 heavy (non-hydrogen) atoms. The first kappa shape index (κ1) is 24.5. The average Bonchev–Trinajstić information content (AvgIpc) is 2.72. The predicted molar refractivity (Wildman–Crippen MR) is 122 cm³/mol. The molecule has 0 aliphatic carbocycles. The Hall–Kier alpha value is -2.73. The molecule has 0 saturated heterocycles. The quantitative estimate of drug-likeness (QED) is 0.617. The maximum Gasteiger partial charge on any atom is 0.261 e. The summed E-state index contributed by atoms with van der Waals surface area (Å²) in [5, 5.41) is 3.57. The molecule has 0 spiro atoms. The Labute approximate surface area is 189 Å². The fraction of sp³-hybridized carbons (Fsp3) is 0.417. The van der Waals surface area contributed by atoms with Crippen molar-refractivity contribution >= 4 is 23.4 Å². The monoisotopic (exact) mass is 446 g/mol. The van der Waals surface area contributed by atoms with Crippen LogP contribution in [-0.2, 0) is 16.1 Å². The second-order valence-electron chi connectivity index (χ2n) is 8.28. The highest BCUT2D eigenvalue weighted by atomic mass is 35.5. The molecule has 2 amide bonds. The molecule has 0 radical (unpaired) electrons. The van der Waals surface area contributed by atoms with Gasteiger partial charge in [-0.2, -0.15) is 0 Å². The Morgan fingerprint density at radius 3 is 2.13 bits per heavy atom. The van der Waals surface area contributed by atoms with Crippen molar-refractivity contribution in [2.24, 2.45) is 0 Å². The normalized spacial score (nSPS) is 12.1. The molecular weight excluding hydrogens is 416 g/mol. The summed E-state index contributed by atoms with van der Waals surface area (Å²) in [5.74, 6) is 0.796. The van der Waals surface area contributed by atoms with Gasteiger partial charge in [-0.25, -0.2) is 0 Å². The van der Waals surface area contributed by atoms with Crippen LogP contribution in [0.1, 0.15) is 39.7 Å². The number of hydrogen-bond acceptors (Lipinski definition) is 4. The van der Waals surface area contributed by atoms with Crippen LogP contribution in [0.15, 0.2) is 48.5 Å². The minimum atomic E-state index is -0.623. The van der Waals surface area contributed by atoms with Gasteiger partial charge in [-0.1, -0.05) is 30.7 Å². The van der Waals surface area contributed by atoms with Crippen LogP contribution in [0, 0.1) is 0 Å². The highest BCUT2D eigenvalue weighted by Crippen LogP contribution is 2.19. The van der Waals surface area contributed by atoms with E-state index >= 15 is 0 Å². The van der Waals surface area contributed by atoms with Crippen LogP contribution in [-0.4, -0.2) is 42.0 Å². The zero-order valence-corrected chi connectivity index (χ0v) is 19.5. The number of methoxy groups -OCH3 is 1. The van der Waals surface area contributed by atoms with Crippen molar-refractivity contribution in [2.75, 3.05) is 13.7 Å². The van der Waals surface area contributed by atoms with Crippen molar-refractivity contribution in [2.45, 2.75) is 52.2 Å². The van der Waals surface area contributed by atoms with Crippen LogP contribution in [0.5, 0.6) is 11.5 Å². The third-order valence-electron chi connectivity index (χ3n) is 4.57. The molecule has 0 heterocycles. The fourth-order valence-corrected chi connectivity index (χ4v) is 3.18. The second-order valence-corrected chi connectivity index (χ2v) is 8.71. The molecule has 0 aliphatic heterocycles. The van der Waals surface area contributed by atoms with Crippen molar-refractivity contribution in [3.63, 3.8) is 0 Å². The lowest BCUT2D eigenvalue weighted by molar-refractivity contribution is -0.143. The maximum atomic E-state index is 13.2. The van der Waals surface area contributed by atoms with Crippen molar-refractivity contribution in [1.82, 2.24) is 10.2 Å². The number of amides is 2. The summed E-state index contributed by atoms with van der Waals surface area (Å²) in [6, 6.07) is 13.6. The Balaban J connectivity index is 2.22. The fourth-order valence-electron chi connectivity index (χ4n) is 3.06. The number of ether oxygens (including phenoxy) is 2. The van der Waals surface area contributed by atoms with Gasteiger partial charge in [0.25, 0.3) is 5.91 Å². The summed E-state index contributed by atoms with van der Waals surface area (Å²) in [6.07, 6.45) is 0.477. The Morgan fingerprint density at radius 2 is 1.61 bits per heavy atom. The van der Waals surface area contributed by atoms with Gasteiger partial charge in [0.2, 0.25) is 5.91 Å². The molecule has 2 aromatic carbocycles. The molecule has 0 aliphatic rings. The topological polar surface area (TPSA) is 67.9 Å². The van der Waals surface area contributed by atoms with Gasteiger partial charge in [-0.15, -0.1) is 0 Å². The third kappa shape index (κ3) is 7.79. The third-order valence-corrected chi connectivity index (χ3v) is 4.82. The van der Waals surface area contributed by atoms with E-state index in [2.05, 4.69) is 5.32 Å². The zero-order chi connectivity index (χ0) is 23.0. The van der Waals surface area contributed by atoms with Gasteiger partial charge in [0, 0.05) is 17.1 Å². The van der Waals surface area contributed by atoms with E-state index in [0.29, 0.717) is 17.2 Å². The van der Waals surface area contributed by atoms with Gasteiger partial charge < -0.3 is 19.7 Å². The van der Waals surface area contributed by atoms with E-state index < -0.39 is 11.6 Å². The predicted octanol–water partition coefficient (Wildman–Crippen LogP) is 4.45. The molecule has 1 atom stereocenters. The maximum absolute atomic E-state index is 13.2. The number of nitrogens with zero attached hydrogens (tertiary/aromatic N) is 1. The highest BCUT2D eigenvalue weighted by Gasteiger charge is 2.30. The summed E-state index contributed by atoms with van der Waals surface area (Å²) < 4.78 is 10.9. The second kappa shape index (κ2) is 11.0. The van der Waals surface area contributed by atoms with Crippen LogP contribution in [0.2, 0.25) is 5.02 Å². The zero-order valence-electron chi connectivity index (χ0n) is 18.8. The van der Waals surface area contributed by atoms with Crippen molar-refractivity contribution < 1.29 is 19.1 Å². The van der Waals surface area contributed by atoms with Gasteiger partial charge in [-0.3, -0.25) is 9.59 Å². The largest absolute Gasteiger partial charge is 0.497 e. The van der Waals surface area contributed by atoms with E-state index in [9.17, 15) is 9.59 Å². The summed E-state index contributed by atoms with van der Waals surface area (Å²) in [7, 11) is 1.60. The first-order chi connectivity index (χ1) is 14.6. The van der Waals surface area contributed by atoms with Gasteiger partial charge in [0.1, 0.15) is 17.5 Å². The van der Waals surface area contributed by atoms with Gasteiger partial charge in [0.15, 0.2) is 6.61 Å². The lowest BCUT2D eigenvalue weighted by Crippen LogP contribution is -2.54. The van der Waals surface area contributed by atoms with Crippen LogP contribution >= 0.6 is 11.6 Å². The molecule has 0 aromatic heterocycles. The number of nitrogens with one attached hydrogen (secondary N) is 1. The summed E-state index contributed by atoms with van der Waals surface area (Å²) in [4.78, 5) is 27.7. The highest BCUT2D eigenvalue weighted by molar-refractivity contribution is 6.30. The summed E-state index contributed by atoms with van der Waals surface area (Å²) in [6.45, 7) is 7.73. The number of halogens is 1. The van der Waals surface area contributed by atoms with Crippen LogP contribution < -0.4 is 14.8 Å². The molecule has 0 saturated carbocycles. The van der Waals surface area contributed by atoms with Crippen molar-refractivity contribution in [3.05, 3.63) is 59.1 Å². The average molecular weight is 447 g/mol. The molecule has 2 rings (SSSR count). The van der Waals surface area contributed by atoms with E-state index in [1.165, 1.54) is 0 Å². The SMILES string of the molecule is CC[C@H](C(=O)NC(C)(C)C)N(Cc1ccc(OC)cc1)C(=O)COc1ccc(Cl)cc1. The molecule has 168 valence electrons. The van der Waals surface area contributed by atoms with E-state index in [-0.39, 0.29) is 25.0 Å². The van der Waals surface area contributed by atoms with Crippen LogP contribution in [0.4, 0.5) is 0 Å². The number of benzene rings is 2. The van der Waals surface area contributed by atoms with Gasteiger partial charge in [0.05, 0.1) is 7.11 Å². The molecular formula is C24H31ClN2O4. The first-order valence-electron chi connectivity index (χ1n) is 10.3. The lowest BCUT2D eigenvalue weighted by atomic mass is 10.1. The Kier molecular flexibility index (Phi) is 8.75. The molecule has 1 N–H and O–H groups in total. The molecule has 7 heteroatoms. The standard InChI is InChI=1S/C24H31ClN2O4/c1-6-21(23(29)26-24(2,3)4)27(15-17-7-11-19(30-5)12-8-17)22(28)16-31-20-13-9-18(25)10-14-20/h7-14,21H,6,15-16H2,1-5H3,(H,26,29)/t21-/m1/s1. The number of rotatable bonds is 9.